The number of rotatable bonds is 8. The molecule has 1 aliphatic rings. The van der Waals surface area contributed by atoms with Gasteiger partial charge in [0, 0.05) is 23.3 Å². The lowest BCUT2D eigenvalue weighted by Gasteiger charge is -2.42. The summed E-state index contributed by atoms with van der Waals surface area (Å²) in [6.07, 6.45) is 0. The number of alkyl halides is 2. The average molecular weight is 427 g/mol. The van der Waals surface area contributed by atoms with Crippen molar-refractivity contribution in [2.24, 2.45) is 5.11 Å². The number of nitrogens with zero attached hydrogens (tertiary/aromatic N) is 4. The third kappa shape index (κ3) is 4.95. The Balaban J connectivity index is 2.30. The Kier molecular flexibility index (Phi) is 7.69. The molecule has 0 bridgehead atoms. The highest BCUT2D eigenvalue weighted by molar-refractivity contribution is 6.27. The van der Waals surface area contributed by atoms with Crippen LogP contribution < -0.4 is 0 Å². The molecule has 148 valence electrons. The maximum atomic E-state index is 12.7. The van der Waals surface area contributed by atoms with Gasteiger partial charge in [-0.1, -0.05) is 47.0 Å². The molecule has 1 aromatic carbocycles. The van der Waals surface area contributed by atoms with Gasteiger partial charge in [-0.25, -0.2) is 4.79 Å². The Morgan fingerprint density at radius 1 is 1.29 bits per heavy atom. The topological polar surface area (TPSA) is 122 Å². The van der Waals surface area contributed by atoms with E-state index in [-0.39, 0.29) is 30.4 Å². The highest BCUT2D eigenvalue weighted by atomic mass is 35.5. The molecule has 9 nitrogen and oxygen atoms in total. The zero-order valence-electron chi connectivity index (χ0n) is 14.7. The number of β-lactam (4-membered cyclic amide) rings is 1. The van der Waals surface area contributed by atoms with Crippen LogP contribution in [-0.4, -0.2) is 46.8 Å². The van der Waals surface area contributed by atoms with Gasteiger partial charge in [0.1, 0.15) is 24.4 Å². The third-order valence-corrected chi connectivity index (χ3v) is 4.52. The molecule has 28 heavy (non-hydrogen) atoms. The number of azide groups is 1. The molecule has 2 atom stereocenters. The molecule has 0 radical (unpaired) electrons. The predicted octanol–water partition coefficient (Wildman–Crippen LogP) is 2.87. The number of hydrogen-bond acceptors (Lipinski definition) is 6. The lowest BCUT2D eigenvalue weighted by atomic mass is 10.0. The third-order valence-electron chi connectivity index (χ3n) is 3.77. The lowest BCUT2D eigenvalue weighted by molar-refractivity contribution is -0.151. The van der Waals surface area contributed by atoms with Crippen molar-refractivity contribution in [3.8, 4) is 0 Å². The largest absolute Gasteiger partial charge is 0.461 e. The quantitative estimate of drug-likeness (QED) is 0.0923. The number of ether oxygens (including phenoxy) is 2. The van der Waals surface area contributed by atoms with Crippen LogP contribution in [0.5, 0.6) is 0 Å². The van der Waals surface area contributed by atoms with Crippen LogP contribution in [0.2, 0.25) is 0 Å². The van der Waals surface area contributed by atoms with E-state index in [4.69, 9.17) is 38.2 Å². The zero-order valence-corrected chi connectivity index (χ0v) is 16.3. The minimum atomic E-state index is -1.16. The van der Waals surface area contributed by atoms with E-state index in [9.17, 15) is 14.4 Å². The van der Waals surface area contributed by atoms with Crippen LogP contribution in [0.15, 0.2) is 46.7 Å². The smallest absolute Gasteiger partial charge is 0.355 e. The summed E-state index contributed by atoms with van der Waals surface area (Å²) < 4.78 is 10.2. The number of benzene rings is 1. The monoisotopic (exact) mass is 426 g/mol. The summed E-state index contributed by atoms with van der Waals surface area (Å²) >= 11 is 12.0. The molecular weight excluding hydrogens is 411 g/mol. The van der Waals surface area contributed by atoms with Gasteiger partial charge in [0.2, 0.25) is 5.91 Å². The number of halogens is 2. The summed E-state index contributed by atoms with van der Waals surface area (Å²) in [6, 6.07) is 7.73. The summed E-state index contributed by atoms with van der Waals surface area (Å²) in [5, 5.41) is 3.30. The zero-order chi connectivity index (χ0) is 20.7. The second-order valence-corrected chi connectivity index (χ2v) is 6.37. The molecule has 1 amide bonds. The predicted molar refractivity (Wildman–Crippen MR) is 100 cm³/mol. The maximum Gasteiger partial charge on any atom is 0.355 e. The van der Waals surface area contributed by atoms with Gasteiger partial charge in [-0.15, -0.1) is 11.6 Å². The van der Waals surface area contributed by atoms with Gasteiger partial charge in [0.15, 0.2) is 6.04 Å². The Morgan fingerprint density at radius 2 is 1.96 bits per heavy atom. The molecule has 1 aromatic rings. The normalized spacial score (nSPS) is 19.1. The molecule has 2 rings (SSSR count). The van der Waals surface area contributed by atoms with Gasteiger partial charge < -0.3 is 9.47 Å². The van der Waals surface area contributed by atoms with E-state index in [1.165, 1.54) is 6.92 Å². The van der Waals surface area contributed by atoms with Gasteiger partial charge in [0.05, 0.1) is 0 Å². The number of hydrogen-bond donors (Lipinski definition) is 0. The highest BCUT2D eigenvalue weighted by Gasteiger charge is 2.50. The van der Waals surface area contributed by atoms with Crippen LogP contribution in [0, 0.1) is 0 Å². The SMILES string of the molecule is CC(=O)OC/C(CCl)=C(/C(=O)OCc1ccccc1)N1C(=O)C(N=[N+]=[N-])C1Cl. The molecule has 0 saturated carbocycles. The number of carbonyl (C=O) groups excluding carboxylic acids is 3. The van der Waals surface area contributed by atoms with Crippen molar-refractivity contribution in [3.05, 3.63) is 57.6 Å². The first-order valence-corrected chi connectivity index (χ1v) is 9.01. The van der Waals surface area contributed by atoms with Crippen LogP contribution in [-0.2, 0) is 30.5 Å². The fourth-order valence-electron chi connectivity index (χ4n) is 2.40. The average Bonchev–Trinajstić information content (AvgIpc) is 2.70. The molecule has 11 heteroatoms. The van der Waals surface area contributed by atoms with Crippen LogP contribution >= 0.6 is 23.2 Å². The number of esters is 2. The number of carbonyl (C=O) groups is 3. The molecule has 0 aromatic heterocycles. The summed E-state index contributed by atoms with van der Waals surface area (Å²) in [7, 11) is 0. The van der Waals surface area contributed by atoms with Crippen molar-refractivity contribution in [1.29, 1.82) is 0 Å². The molecule has 2 unspecified atom stereocenters. The molecule has 0 aliphatic carbocycles. The van der Waals surface area contributed by atoms with Crippen molar-refractivity contribution in [1.82, 2.24) is 4.90 Å². The van der Waals surface area contributed by atoms with Gasteiger partial charge in [-0.05, 0) is 11.1 Å². The lowest BCUT2D eigenvalue weighted by Crippen LogP contribution is -2.61. The van der Waals surface area contributed by atoms with E-state index in [1.807, 2.05) is 6.07 Å². The molecule has 1 saturated heterocycles. The van der Waals surface area contributed by atoms with Gasteiger partial charge >= 0.3 is 11.9 Å². The fraction of sp³-hybridized carbons (Fsp3) is 0.353. The molecule has 1 aliphatic heterocycles. The Bertz CT molecular complexity index is 839. The maximum absolute atomic E-state index is 12.7. The van der Waals surface area contributed by atoms with E-state index < -0.39 is 29.4 Å². The van der Waals surface area contributed by atoms with E-state index in [0.717, 1.165) is 10.5 Å². The Hall–Kier alpha value is -2.74. The standard InChI is InChI=1S/C17H16Cl2N4O5/c1-10(24)27-9-12(7-18)14(23-15(19)13(16(23)25)21-22-20)17(26)28-8-11-5-3-2-4-6-11/h2-6,13,15H,7-9H2,1H3/b14-12-. The summed E-state index contributed by atoms with van der Waals surface area (Å²) in [5.74, 6) is -2.37. The van der Waals surface area contributed by atoms with Crippen molar-refractivity contribution in [2.45, 2.75) is 25.1 Å². The first-order valence-electron chi connectivity index (χ1n) is 8.04. The molecule has 1 heterocycles. The van der Waals surface area contributed by atoms with Crippen LogP contribution in [0.1, 0.15) is 12.5 Å². The van der Waals surface area contributed by atoms with Crippen LogP contribution in [0.25, 0.3) is 10.4 Å². The van der Waals surface area contributed by atoms with Crippen LogP contribution in [0.4, 0.5) is 0 Å². The van der Waals surface area contributed by atoms with Crippen molar-refractivity contribution in [2.75, 3.05) is 12.5 Å². The van der Waals surface area contributed by atoms with E-state index in [2.05, 4.69) is 10.0 Å². The van der Waals surface area contributed by atoms with E-state index in [1.54, 1.807) is 24.3 Å². The van der Waals surface area contributed by atoms with Crippen molar-refractivity contribution < 1.29 is 23.9 Å². The van der Waals surface area contributed by atoms with Crippen LogP contribution in [0.3, 0.4) is 0 Å². The summed E-state index contributed by atoms with van der Waals surface area (Å²) in [6.45, 7) is 0.811. The van der Waals surface area contributed by atoms with Gasteiger partial charge in [-0.3, -0.25) is 14.5 Å². The van der Waals surface area contributed by atoms with Gasteiger partial charge in [0.25, 0.3) is 0 Å². The minimum Gasteiger partial charge on any atom is -0.461 e. The first kappa shape index (κ1) is 21.6. The Morgan fingerprint density at radius 3 is 2.50 bits per heavy atom. The second kappa shape index (κ2) is 9.98. The number of likely N-dealkylation sites (tertiary alicyclic amines) is 1. The first-order chi connectivity index (χ1) is 13.4. The molecule has 0 N–H and O–H groups in total. The second-order valence-electron chi connectivity index (χ2n) is 5.66. The molecule has 1 fully saturated rings. The Labute approximate surface area is 170 Å². The summed E-state index contributed by atoms with van der Waals surface area (Å²) in [5.41, 5.74) is 8.06. The van der Waals surface area contributed by atoms with E-state index >= 15 is 0 Å². The fourth-order valence-corrected chi connectivity index (χ4v) is 2.95. The summed E-state index contributed by atoms with van der Waals surface area (Å²) in [4.78, 5) is 39.7. The minimum absolute atomic E-state index is 0.0545. The van der Waals surface area contributed by atoms with Crippen molar-refractivity contribution >= 4 is 41.0 Å². The molecular formula is C17H16Cl2N4O5. The van der Waals surface area contributed by atoms with Crippen molar-refractivity contribution in [3.63, 3.8) is 0 Å². The number of amides is 1. The van der Waals surface area contributed by atoms with Gasteiger partial charge in [-0.2, -0.15) is 0 Å². The molecule has 0 spiro atoms. The highest BCUT2D eigenvalue weighted by Crippen LogP contribution is 2.33. The van der Waals surface area contributed by atoms with E-state index in [0.29, 0.717) is 0 Å².